The van der Waals surface area contributed by atoms with Crippen LogP contribution in [0.5, 0.6) is 11.5 Å². The molecule has 0 aliphatic carbocycles. The van der Waals surface area contributed by atoms with Crippen molar-refractivity contribution in [2.75, 3.05) is 0 Å². The molecule has 99 heavy (non-hydrogen) atoms. The lowest BCUT2D eigenvalue weighted by atomic mass is 10.0. The Balaban J connectivity index is 0.000000150. The number of aryl methyl sites for hydroxylation is 2. The number of ether oxygens (including phenoxy) is 1. The number of H-pyrrole nitrogens is 2. The van der Waals surface area contributed by atoms with Crippen LogP contribution < -0.4 is 16.1 Å². The van der Waals surface area contributed by atoms with Crippen LogP contribution in [0, 0.1) is 13.8 Å². The first kappa shape index (κ1) is 70.3. The maximum absolute atomic E-state index is 13.8. The van der Waals surface area contributed by atoms with E-state index in [1.54, 1.807) is 121 Å². The quantitative estimate of drug-likeness (QED) is 0.110. The molecule has 0 unspecified atom stereocenters. The minimum Gasteiger partial charge on any atom is -0.457 e. The molecule has 2 N–H and O–H groups in total. The van der Waals surface area contributed by atoms with Crippen molar-refractivity contribution in [1.29, 1.82) is 0 Å². The van der Waals surface area contributed by atoms with E-state index in [4.69, 9.17) is 51.1 Å². The first-order valence-corrected chi connectivity index (χ1v) is 37.4. The van der Waals surface area contributed by atoms with Crippen LogP contribution in [0.4, 0.5) is 0 Å². The fourth-order valence-corrected chi connectivity index (χ4v) is 15.7. The largest absolute Gasteiger partial charge is 0.457 e. The van der Waals surface area contributed by atoms with Crippen LogP contribution in [0.25, 0.3) is 44.6 Å². The number of para-hydroxylation sites is 4. The Labute approximate surface area is 591 Å². The van der Waals surface area contributed by atoms with Gasteiger partial charge in [-0.15, -0.1) is 0 Å². The summed E-state index contributed by atoms with van der Waals surface area (Å²) in [4.78, 5) is 31.1. The molecule has 498 valence electrons. The van der Waals surface area contributed by atoms with Crippen molar-refractivity contribution in [3.05, 3.63) is 343 Å². The minimum absolute atomic E-state index is 0.0721. The number of fused-ring (bicyclic) bond motifs is 2. The predicted octanol–water partition coefficient (Wildman–Crippen LogP) is 18.0. The molecule has 0 fully saturated rings. The molecule has 0 saturated heterocycles. The average molecular weight is 1470 g/mol. The summed E-state index contributed by atoms with van der Waals surface area (Å²) in [5.74, 6) is 1.28. The van der Waals surface area contributed by atoms with Crippen LogP contribution in [0.2, 0.25) is 20.1 Å². The van der Waals surface area contributed by atoms with Gasteiger partial charge in [0.25, 0.3) is 0 Å². The molecular weight excluding hydrogens is 1410 g/mol. The van der Waals surface area contributed by atoms with E-state index in [1.807, 2.05) is 55.5 Å². The number of rotatable bonds is 13. The zero-order chi connectivity index (χ0) is 70.2. The number of aromatic amines is 2. The van der Waals surface area contributed by atoms with Crippen molar-refractivity contribution in [2.45, 2.75) is 53.0 Å². The summed E-state index contributed by atoms with van der Waals surface area (Å²) in [6.45, 7) is 3.99. The highest BCUT2D eigenvalue weighted by atomic mass is 35.5. The second-order valence-electron chi connectivity index (χ2n) is 22.2. The monoisotopic (exact) mass is 1470 g/mol. The second kappa shape index (κ2) is 30.0. The third-order valence-electron chi connectivity index (χ3n) is 15.4. The van der Waals surface area contributed by atoms with Crippen LogP contribution in [0.3, 0.4) is 0 Å². The number of nitrogens with zero attached hydrogens (tertiary/aromatic N) is 2. The molecule has 0 spiro atoms. The van der Waals surface area contributed by atoms with Crippen molar-refractivity contribution in [3.63, 3.8) is 0 Å². The van der Waals surface area contributed by atoms with Gasteiger partial charge in [-0.2, -0.15) is 0 Å². The Morgan fingerprint density at radius 3 is 0.828 bits per heavy atom. The van der Waals surface area contributed by atoms with Gasteiger partial charge in [0.2, 0.25) is 39.3 Å². The summed E-state index contributed by atoms with van der Waals surface area (Å²) in [7, 11) is -14.6. The smallest absolute Gasteiger partial charge is 0.338 e. The summed E-state index contributed by atoms with van der Waals surface area (Å²) in [5.41, 5.74) is 7.78. The first-order chi connectivity index (χ1) is 47.3. The van der Waals surface area contributed by atoms with Gasteiger partial charge >= 0.3 is 11.4 Å². The standard InChI is InChI=1S/C31H20Cl2N2O5S2.C26H22O3S.C12H8Cl2O2S.C7H6N2O/c32-21-5-13-25(14-6-21)41(37,38)27-17-9-23(10-18-27)34-29-3-1-2-4-30(29)35(31(34)36)24-11-19-28(20-12-24)42(39,40)26-15-7-22(33)8-16-26;1-19-3-7-21(8-4-19)22-9-11-23(12-10-22)29-24-13-17-26(18-14-24)30(27,28)25-15-5-20(2)6-16-25;13-9-1-5-11(6-2-9)17(15,16)12-7-3-10(14)4-8-12;10-7-8-5-3-1-2-4-6(5)9-7/h1-20H;3-18H,1-2H3;1-8H;1-4H,(H2,8,9,10). The van der Waals surface area contributed by atoms with Crippen LogP contribution in [-0.2, 0) is 39.3 Å². The van der Waals surface area contributed by atoms with Crippen molar-refractivity contribution in [3.8, 4) is 34.0 Å². The summed E-state index contributed by atoms with van der Waals surface area (Å²) in [6.07, 6.45) is 0. The van der Waals surface area contributed by atoms with Crippen molar-refractivity contribution < 1.29 is 38.4 Å². The van der Waals surface area contributed by atoms with Crippen molar-refractivity contribution in [1.82, 2.24) is 19.1 Å². The first-order valence-electron chi connectivity index (χ1n) is 30.0. The van der Waals surface area contributed by atoms with E-state index in [-0.39, 0.29) is 44.9 Å². The molecule has 0 amide bonds. The SMILES string of the molecule is Cc1ccc(-c2ccc(Oc3ccc(S(=O)(=O)c4ccc(C)cc4)cc3)cc2)cc1.O=S(=O)(c1ccc(Cl)cc1)c1ccc(Cl)cc1.O=c1[nH]c2ccccc2[nH]1.O=c1n(-c2ccc(S(=O)(=O)c3ccc(Cl)cc3)cc2)c2ccccc2n1-c1ccc(S(=O)(=O)c2ccc(Cl)cc2)cc1. The number of benzene rings is 12. The van der Waals surface area contributed by atoms with Gasteiger partial charge in [0.05, 0.1) is 72.6 Å². The average Bonchev–Trinajstić information content (AvgIpc) is 1.61. The van der Waals surface area contributed by atoms with Gasteiger partial charge in [-0.05, 0) is 243 Å². The molecule has 0 saturated carbocycles. The van der Waals surface area contributed by atoms with Gasteiger partial charge in [-0.1, -0.05) is 130 Å². The summed E-state index contributed by atoms with van der Waals surface area (Å²) in [5, 5.41) is 1.86. The second-order valence-corrected chi connectivity index (χ2v) is 31.7. The molecule has 2 aromatic heterocycles. The molecule has 0 atom stereocenters. The highest BCUT2D eigenvalue weighted by molar-refractivity contribution is 7.92. The summed E-state index contributed by atoms with van der Waals surface area (Å²) < 4.78 is 111. The van der Waals surface area contributed by atoms with E-state index in [1.165, 1.54) is 112 Å². The highest BCUT2D eigenvalue weighted by Gasteiger charge is 2.23. The number of hydrogen-bond acceptors (Lipinski definition) is 11. The maximum atomic E-state index is 13.8. The van der Waals surface area contributed by atoms with E-state index < -0.39 is 45.0 Å². The lowest BCUT2D eigenvalue weighted by molar-refractivity contribution is 0.482. The Morgan fingerprint density at radius 2 is 0.525 bits per heavy atom. The zero-order valence-electron chi connectivity index (χ0n) is 52.2. The molecular formula is C76H56Cl4N4O11S4. The highest BCUT2D eigenvalue weighted by Crippen LogP contribution is 2.32. The molecule has 0 radical (unpaired) electrons. The predicted molar refractivity (Wildman–Crippen MR) is 390 cm³/mol. The number of hydrogen-bond donors (Lipinski definition) is 2. The zero-order valence-corrected chi connectivity index (χ0v) is 58.5. The molecule has 23 heteroatoms. The van der Waals surface area contributed by atoms with Gasteiger partial charge in [-0.3, -0.25) is 9.13 Å². The number of imidazole rings is 2. The van der Waals surface area contributed by atoms with Crippen LogP contribution >= 0.6 is 46.4 Å². The summed E-state index contributed by atoms with van der Waals surface area (Å²) >= 11 is 23.2. The molecule has 14 rings (SSSR count). The van der Waals surface area contributed by atoms with Crippen molar-refractivity contribution >= 4 is 108 Å². The number of halogens is 4. The fraction of sp³-hybridized carbons (Fsp3) is 0.0263. The molecule has 0 aliphatic heterocycles. The molecule has 2 heterocycles. The Morgan fingerprint density at radius 1 is 0.293 bits per heavy atom. The Kier molecular flexibility index (Phi) is 21.3. The van der Waals surface area contributed by atoms with E-state index in [9.17, 15) is 43.3 Å². The molecule has 14 aromatic rings. The van der Waals surface area contributed by atoms with Crippen LogP contribution in [-0.4, -0.2) is 52.8 Å². The van der Waals surface area contributed by atoms with E-state index in [2.05, 4.69) is 41.2 Å². The molecule has 0 bridgehead atoms. The Bertz CT molecular complexity index is 5560. The number of sulfone groups is 4. The lowest BCUT2D eigenvalue weighted by Crippen LogP contribution is -2.22. The molecule has 0 aliphatic rings. The maximum Gasteiger partial charge on any atom is 0.338 e. The van der Waals surface area contributed by atoms with Crippen LogP contribution in [0.15, 0.2) is 340 Å². The lowest BCUT2D eigenvalue weighted by Gasteiger charge is -2.09. The Hall–Kier alpha value is -10.1. The number of aromatic nitrogens is 4. The molecule has 15 nitrogen and oxygen atoms in total. The summed E-state index contributed by atoms with van der Waals surface area (Å²) in [6, 6.07) is 80.2. The molecule has 12 aromatic carbocycles. The van der Waals surface area contributed by atoms with Gasteiger partial charge in [0.1, 0.15) is 11.5 Å². The third-order valence-corrected chi connectivity index (χ3v) is 23.6. The van der Waals surface area contributed by atoms with Crippen molar-refractivity contribution in [2.24, 2.45) is 0 Å². The fourth-order valence-electron chi connectivity index (χ4n) is 10.2. The van der Waals surface area contributed by atoms with Gasteiger partial charge in [-0.25, -0.2) is 43.3 Å². The minimum atomic E-state index is -3.79. The van der Waals surface area contributed by atoms with Gasteiger partial charge < -0.3 is 14.7 Å². The normalized spacial score (nSPS) is 11.5. The van der Waals surface area contributed by atoms with Crippen LogP contribution in [0.1, 0.15) is 11.1 Å². The number of nitrogens with one attached hydrogen (secondary N) is 2. The van der Waals surface area contributed by atoms with Gasteiger partial charge in [0, 0.05) is 20.1 Å². The topological polar surface area (TPSA) is 221 Å². The van der Waals surface area contributed by atoms with E-state index in [0.717, 1.165) is 27.7 Å². The third kappa shape index (κ3) is 16.2. The van der Waals surface area contributed by atoms with E-state index in [0.29, 0.717) is 54.0 Å². The van der Waals surface area contributed by atoms with E-state index >= 15 is 0 Å². The van der Waals surface area contributed by atoms with Gasteiger partial charge in [0.15, 0.2) is 0 Å².